The van der Waals surface area contributed by atoms with Gasteiger partial charge in [-0.15, -0.1) is 12.6 Å². The average Bonchev–Trinajstić information content (AvgIpc) is 2.60. The quantitative estimate of drug-likeness (QED) is 0.635. The largest absolute Gasteiger partial charge is 0.497 e. The predicted molar refractivity (Wildman–Crippen MR) is 93.8 cm³/mol. The summed E-state index contributed by atoms with van der Waals surface area (Å²) in [6.45, 7) is 0.299. The summed E-state index contributed by atoms with van der Waals surface area (Å²) >= 11 is 4.19. The molecule has 24 heavy (non-hydrogen) atoms. The van der Waals surface area contributed by atoms with Crippen molar-refractivity contribution in [2.75, 3.05) is 7.11 Å². The number of methoxy groups -OCH3 is 1. The van der Waals surface area contributed by atoms with Crippen LogP contribution in [0.3, 0.4) is 0 Å². The van der Waals surface area contributed by atoms with E-state index in [1.54, 1.807) is 25.3 Å². The maximum absolute atomic E-state index is 12.2. The number of benzene rings is 2. The zero-order valence-electron chi connectivity index (χ0n) is 12.9. The SMILES string of the molecule is COc1cccc(CNC(=O)c2nc3ccc(S)cc3c(=O)[nH]2)c1. The molecule has 0 bridgehead atoms. The number of carbonyl (C=O) groups excluding carboxylic acids is 1. The minimum atomic E-state index is -0.452. The Bertz CT molecular complexity index is 969. The zero-order chi connectivity index (χ0) is 17.1. The standard InChI is InChI=1S/C17H15N3O3S/c1-23-11-4-2-3-10(7-11)9-18-17(22)15-19-14-6-5-12(24)8-13(14)16(21)20-15/h2-8,24H,9H2,1H3,(H,18,22)(H,19,20,21). The maximum atomic E-state index is 12.2. The van der Waals surface area contributed by atoms with E-state index in [0.29, 0.717) is 28.1 Å². The van der Waals surface area contributed by atoms with Crippen molar-refractivity contribution < 1.29 is 9.53 Å². The Morgan fingerprint density at radius 2 is 2.12 bits per heavy atom. The second-order valence-corrected chi connectivity index (χ2v) is 5.67. The van der Waals surface area contributed by atoms with E-state index >= 15 is 0 Å². The number of amides is 1. The molecule has 0 aliphatic rings. The molecule has 0 unspecified atom stereocenters. The molecule has 2 N–H and O–H groups in total. The Balaban J connectivity index is 1.81. The van der Waals surface area contributed by atoms with Gasteiger partial charge in [0.05, 0.1) is 18.0 Å². The van der Waals surface area contributed by atoms with Gasteiger partial charge in [0, 0.05) is 11.4 Å². The van der Waals surface area contributed by atoms with Crippen molar-refractivity contribution in [2.24, 2.45) is 0 Å². The molecule has 7 heteroatoms. The fraction of sp³-hybridized carbons (Fsp3) is 0.118. The van der Waals surface area contributed by atoms with E-state index in [2.05, 4.69) is 27.9 Å². The number of nitrogens with zero attached hydrogens (tertiary/aromatic N) is 1. The van der Waals surface area contributed by atoms with E-state index in [1.165, 1.54) is 0 Å². The highest BCUT2D eigenvalue weighted by Crippen LogP contribution is 2.14. The number of fused-ring (bicyclic) bond motifs is 1. The van der Waals surface area contributed by atoms with Crippen LogP contribution in [0.5, 0.6) is 5.75 Å². The van der Waals surface area contributed by atoms with Crippen molar-refractivity contribution in [1.82, 2.24) is 15.3 Å². The number of carbonyl (C=O) groups is 1. The highest BCUT2D eigenvalue weighted by molar-refractivity contribution is 7.80. The van der Waals surface area contributed by atoms with Gasteiger partial charge in [-0.25, -0.2) is 4.98 Å². The number of aromatic nitrogens is 2. The number of ether oxygens (including phenoxy) is 1. The van der Waals surface area contributed by atoms with Crippen LogP contribution >= 0.6 is 12.6 Å². The Morgan fingerprint density at radius 3 is 2.92 bits per heavy atom. The summed E-state index contributed by atoms with van der Waals surface area (Å²) in [7, 11) is 1.58. The van der Waals surface area contributed by atoms with Gasteiger partial charge in [0.15, 0.2) is 5.82 Å². The second-order valence-electron chi connectivity index (χ2n) is 5.15. The van der Waals surface area contributed by atoms with Crippen molar-refractivity contribution in [3.05, 3.63) is 64.2 Å². The third kappa shape index (κ3) is 3.41. The van der Waals surface area contributed by atoms with Gasteiger partial charge in [-0.3, -0.25) is 9.59 Å². The summed E-state index contributed by atoms with van der Waals surface area (Å²) in [6, 6.07) is 12.3. The lowest BCUT2D eigenvalue weighted by atomic mass is 10.2. The number of rotatable bonds is 4. The van der Waals surface area contributed by atoms with Crippen molar-refractivity contribution in [3.8, 4) is 5.75 Å². The van der Waals surface area contributed by atoms with Crippen LogP contribution in [0, 0.1) is 0 Å². The number of aromatic amines is 1. The summed E-state index contributed by atoms with van der Waals surface area (Å²) in [6.07, 6.45) is 0. The maximum Gasteiger partial charge on any atom is 0.287 e. The Hall–Kier alpha value is -2.80. The molecule has 0 saturated heterocycles. The van der Waals surface area contributed by atoms with Crippen molar-refractivity contribution >= 4 is 29.4 Å². The molecule has 0 aliphatic carbocycles. The zero-order valence-corrected chi connectivity index (χ0v) is 13.8. The molecule has 0 aliphatic heterocycles. The smallest absolute Gasteiger partial charge is 0.287 e. The lowest BCUT2D eigenvalue weighted by Gasteiger charge is -2.07. The first-order valence-electron chi connectivity index (χ1n) is 7.21. The van der Waals surface area contributed by atoms with Gasteiger partial charge in [-0.1, -0.05) is 12.1 Å². The molecule has 3 rings (SSSR count). The predicted octanol–water partition coefficient (Wildman–Crippen LogP) is 2.15. The van der Waals surface area contributed by atoms with Crippen LogP contribution < -0.4 is 15.6 Å². The van der Waals surface area contributed by atoms with Crippen LogP contribution in [0.4, 0.5) is 0 Å². The molecular formula is C17H15N3O3S. The fourth-order valence-corrected chi connectivity index (χ4v) is 2.49. The minimum Gasteiger partial charge on any atom is -0.497 e. The monoisotopic (exact) mass is 341 g/mol. The van der Waals surface area contributed by atoms with Crippen LogP contribution in [0.1, 0.15) is 16.2 Å². The van der Waals surface area contributed by atoms with Crippen LogP contribution in [0.2, 0.25) is 0 Å². The molecule has 1 aromatic heterocycles. The molecule has 2 aromatic carbocycles. The Morgan fingerprint density at radius 1 is 1.29 bits per heavy atom. The number of hydrogen-bond acceptors (Lipinski definition) is 5. The van der Waals surface area contributed by atoms with E-state index in [9.17, 15) is 9.59 Å². The molecule has 122 valence electrons. The third-order valence-corrected chi connectivity index (χ3v) is 3.77. The van der Waals surface area contributed by atoms with E-state index in [0.717, 1.165) is 5.56 Å². The Kier molecular flexibility index (Phi) is 4.52. The summed E-state index contributed by atoms with van der Waals surface area (Å²) < 4.78 is 5.14. The number of thiol groups is 1. The summed E-state index contributed by atoms with van der Waals surface area (Å²) in [5.74, 6) is 0.232. The molecule has 6 nitrogen and oxygen atoms in total. The van der Waals surface area contributed by atoms with Gasteiger partial charge in [0.25, 0.3) is 11.5 Å². The molecule has 1 heterocycles. The van der Waals surface area contributed by atoms with Crippen molar-refractivity contribution in [2.45, 2.75) is 11.4 Å². The number of H-pyrrole nitrogens is 1. The number of nitrogens with one attached hydrogen (secondary N) is 2. The van der Waals surface area contributed by atoms with Crippen molar-refractivity contribution in [1.29, 1.82) is 0 Å². The highest BCUT2D eigenvalue weighted by atomic mass is 32.1. The van der Waals surface area contributed by atoms with Crippen molar-refractivity contribution in [3.63, 3.8) is 0 Å². The highest BCUT2D eigenvalue weighted by Gasteiger charge is 2.11. The molecular weight excluding hydrogens is 326 g/mol. The first kappa shape index (κ1) is 16.1. The Labute approximate surface area is 143 Å². The van der Waals surface area contributed by atoms with Crippen LogP contribution in [0.15, 0.2) is 52.2 Å². The third-order valence-electron chi connectivity index (χ3n) is 3.49. The second kappa shape index (κ2) is 6.76. The number of hydrogen-bond donors (Lipinski definition) is 3. The fourth-order valence-electron chi connectivity index (χ4n) is 2.28. The van der Waals surface area contributed by atoms with Crippen LogP contribution in [-0.2, 0) is 6.54 Å². The molecule has 0 fully saturated rings. The van der Waals surface area contributed by atoms with E-state index in [-0.39, 0.29) is 11.4 Å². The van der Waals surface area contributed by atoms with E-state index < -0.39 is 5.91 Å². The minimum absolute atomic E-state index is 0.0256. The summed E-state index contributed by atoms with van der Waals surface area (Å²) in [4.78, 5) is 31.7. The first-order chi connectivity index (χ1) is 11.6. The molecule has 1 amide bonds. The molecule has 3 aromatic rings. The molecule has 0 saturated carbocycles. The van der Waals surface area contributed by atoms with Crippen LogP contribution in [0.25, 0.3) is 10.9 Å². The normalized spacial score (nSPS) is 10.6. The summed E-state index contributed by atoms with van der Waals surface area (Å²) in [5, 5.41) is 3.12. The molecule has 0 atom stereocenters. The van der Waals surface area contributed by atoms with Gasteiger partial charge in [0.1, 0.15) is 5.75 Å². The van der Waals surface area contributed by atoms with Gasteiger partial charge in [-0.2, -0.15) is 0 Å². The average molecular weight is 341 g/mol. The van der Waals surface area contributed by atoms with Gasteiger partial charge in [0.2, 0.25) is 0 Å². The molecule has 0 radical (unpaired) electrons. The van der Waals surface area contributed by atoms with Gasteiger partial charge < -0.3 is 15.0 Å². The topological polar surface area (TPSA) is 84.1 Å². The van der Waals surface area contributed by atoms with Gasteiger partial charge >= 0.3 is 0 Å². The van der Waals surface area contributed by atoms with Gasteiger partial charge in [-0.05, 0) is 35.9 Å². The lowest BCUT2D eigenvalue weighted by molar-refractivity contribution is 0.0940. The van der Waals surface area contributed by atoms with E-state index in [4.69, 9.17) is 4.74 Å². The lowest BCUT2D eigenvalue weighted by Crippen LogP contribution is -2.27. The molecule has 0 spiro atoms. The summed E-state index contributed by atoms with van der Waals surface area (Å²) in [5.41, 5.74) is 0.955. The van der Waals surface area contributed by atoms with Crippen LogP contribution in [-0.4, -0.2) is 23.0 Å². The van der Waals surface area contributed by atoms with E-state index in [1.807, 2.05) is 24.3 Å². The first-order valence-corrected chi connectivity index (χ1v) is 7.66.